The minimum Gasteiger partial charge on any atom is -0.288 e. The van der Waals surface area contributed by atoms with Crippen LogP contribution in [0.2, 0.25) is 0 Å². The van der Waals surface area contributed by atoms with E-state index in [0.29, 0.717) is 5.75 Å². The number of guanidine groups is 1. The van der Waals surface area contributed by atoms with Crippen molar-refractivity contribution in [3.63, 3.8) is 0 Å². The normalized spacial score (nSPS) is 20.0. The molecule has 1 rings (SSSR count). The van der Waals surface area contributed by atoms with Crippen LogP contribution in [0, 0.1) is 0 Å². The molecule has 1 aliphatic rings. The molecule has 0 aromatic heterocycles. The van der Waals surface area contributed by atoms with Crippen molar-refractivity contribution >= 4 is 28.6 Å². The number of hydrogen-bond acceptors (Lipinski definition) is 4. The monoisotopic (exact) mass is 217 g/mol. The maximum atomic E-state index is 10.8. The molecule has 0 aromatic rings. The van der Waals surface area contributed by atoms with Crippen LogP contribution in [0.15, 0.2) is 4.99 Å². The topological polar surface area (TPSA) is 87.6 Å². The first-order valence-corrected chi connectivity index (χ1v) is 5.72. The SMILES string of the molecule is CC(CS(C)=O)N=C1NC(=O)C(=O)N1. The summed E-state index contributed by atoms with van der Waals surface area (Å²) in [5.41, 5.74) is 0. The summed E-state index contributed by atoms with van der Waals surface area (Å²) in [6.07, 6.45) is 1.57. The molecule has 0 saturated carbocycles. The van der Waals surface area contributed by atoms with Crippen molar-refractivity contribution in [3.05, 3.63) is 0 Å². The lowest BCUT2D eigenvalue weighted by atomic mass is 10.4. The van der Waals surface area contributed by atoms with E-state index in [2.05, 4.69) is 15.6 Å². The van der Waals surface area contributed by atoms with E-state index in [-0.39, 0.29) is 12.0 Å². The highest BCUT2D eigenvalue weighted by Crippen LogP contribution is 1.94. The van der Waals surface area contributed by atoms with E-state index in [0.717, 1.165) is 0 Å². The molecule has 1 fully saturated rings. The van der Waals surface area contributed by atoms with Crippen molar-refractivity contribution in [2.45, 2.75) is 13.0 Å². The van der Waals surface area contributed by atoms with Gasteiger partial charge in [0.2, 0.25) is 5.96 Å². The number of carbonyl (C=O) groups excluding carboxylic acids is 2. The lowest BCUT2D eigenvalue weighted by molar-refractivity contribution is -0.135. The number of amides is 2. The fourth-order valence-electron chi connectivity index (χ4n) is 1.02. The quantitative estimate of drug-likeness (QED) is 0.555. The predicted octanol–water partition coefficient (Wildman–Crippen LogP) is -1.64. The molecule has 0 radical (unpaired) electrons. The third kappa shape index (κ3) is 2.91. The number of carbonyl (C=O) groups is 2. The zero-order valence-electron chi connectivity index (χ0n) is 7.86. The molecule has 78 valence electrons. The summed E-state index contributed by atoms with van der Waals surface area (Å²) in [5.74, 6) is -0.894. The van der Waals surface area contributed by atoms with Gasteiger partial charge in [-0.3, -0.25) is 24.4 Å². The summed E-state index contributed by atoms with van der Waals surface area (Å²) < 4.78 is 10.8. The highest BCUT2D eigenvalue weighted by Gasteiger charge is 2.25. The highest BCUT2D eigenvalue weighted by atomic mass is 32.2. The lowest BCUT2D eigenvalue weighted by Gasteiger charge is -2.04. The summed E-state index contributed by atoms with van der Waals surface area (Å²) >= 11 is 0. The smallest absolute Gasteiger partial charge is 0.288 e. The van der Waals surface area contributed by atoms with Gasteiger partial charge in [-0.1, -0.05) is 0 Å². The van der Waals surface area contributed by atoms with Crippen molar-refractivity contribution in [3.8, 4) is 0 Å². The van der Waals surface area contributed by atoms with Gasteiger partial charge in [0.15, 0.2) is 0 Å². The Labute approximate surface area is 83.6 Å². The van der Waals surface area contributed by atoms with E-state index in [4.69, 9.17) is 0 Å². The van der Waals surface area contributed by atoms with Gasteiger partial charge in [-0.05, 0) is 6.92 Å². The highest BCUT2D eigenvalue weighted by molar-refractivity contribution is 7.84. The van der Waals surface area contributed by atoms with Crippen molar-refractivity contribution < 1.29 is 13.8 Å². The average Bonchev–Trinajstić information content (AvgIpc) is 2.28. The third-order valence-corrected chi connectivity index (χ3v) is 2.45. The van der Waals surface area contributed by atoms with Gasteiger partial charge in [-0.15, -0.1) is 0 Å². The zero-order valence-corrected chi connectivity index (χ0v) is 8.68. The average molecular weight is 217 g/mol. The van der Waals surface area contributed by atoms with E-state index in [1.807, 2.05) is 0 Å². The molecule has 0 aliphatic carbocycles. The fourth-order valence-corrected chi connectivity index (χ4v) is 1.78. The lowest BCUT2D eigenvalue weighted by Crippen LogP contribution is -2.28. The molecular weight excluding hydrogens is 206 g/mol. The van der Waals surface area contributed by atoms with Crippen LogP contribution < -0.4 is 10.6 Å². The van der Waals surface area contributed by atoms with E-state index < -0.39 is 22.6 Å². The van der Waals surface area contributed by atoms with Gasteiger partial charge in [-0.2, -0.15) is 0 Å². The van der Waals surface area contributed by atoms with Crippen LogP contribution in [0.4, 0.5) is 0 Å². The van der Waals surface area contributed by atoms with Crippen molar-refractivity contribution in [1.82, 2.24) is 10.6 Å². The van der Waals surface area contributed by atoms with Gasteiger partial charge in [0.05, 0.1) is 6.04 Å². The van der Waals surface area contributed by atoms with Crippen LogP contribution in [0.5, 0.6) is 0 Å². The van der Waals surface area contributed by atoms with Crippen molar-refractivity contribution in [1.29, 1.82) is 0 Å². The van der Waals surface area contributed by atoms with Crippen LogP contribution in [0.1, 0.15) is 6.92 Å². The van der Waals surface area contributed by atoms with Gasteiger partial charge in [-0.25, -0.2) is 4.99 Å². The van der Waals surface area contributed by atoms with Gasteiger partial charge < -0.3 is 0 Å². The Morgan fingerprint density at radius 1 is 1.36 bits per heavy atom. The number of nitrogens with one attached hydrogen (secondary N) is 2. The summed E-state index contributed by atoms with van der Waals surface area (Å²) in [5, 5.41) is 4.52. The second kappa shape index (κ2) is 4.32. The molecule has 7 heteroatoms. The van der Waals surface area contributed by atoms with Crippen LogP contribution in [0.3, 0.4) is 0 Å². The van der Waals surface area contributed by atoms with Crippen LogP contribution >= 0.6 is 0 Å². The molecule has 6 nitrogen and oxygen atoms in total. The molecule has 2 N–H and O–H groups in total. The van der Waals surface area contributed by atoms with Gasteiger partial charge in [0.1, 0.15) is 0 Å². The van der Waals surface area contributed by atoms with Gasteiger partial charge in [0, 0.05) is 22.8 Å². The Morgan fingerprint density at radius 2 is 1.86 bits per heavy atom. The maximum absolute atomic E-state index is 10.8. The number of hydrogen-bond donors (Lipinski definition) is 2. The molecule has 0 aromatic carbocycles. The van der Waals surface area contributed by atoms with Gasteiger partial charge in [0.25, 0.3) is 0 Å². The van der Waals surface area contributed by atoms with Crippen LogP contribution in [-0.4, -0.2) is 40.0 Å². The van der Waals surface area contributed by atoms with Crippen molar-refractivity contribution in [2.75, 3.05) is 12.0 Å². The standard InChI is InChI=1S/C7H11N3O3S/c1-4(3-14(2)13)8-7-9-5(11)6(12)10-7/h4H,3H2,1-2H3,(H2,8,9,10,11,12). The molecule has 2 atom stereocenters. The second-order valence-corrected chi connectivity index (χ2v) is 4.45. The summed E-state index contributed by atoms with van der Waals surface area (Å²) in [4.78, 5) is 25.4. The van der Waals surface area contributed by atoms with E-state index in [9.17, 15) is 13.8 Å². The number of rotatable bonds is 3. The Balaban J connectivity index is 2.57. The maximum Gasteiger partial charge on any atom is 0.316 e. The Morgan fingerprint density at radius 3 is 2.29 bits per heavy atom. The predicted molar refractivity (Wildman–Crippen MR) is 52.1 cm³/mol. The molecular formula is C7H11N3O3S. The second-order valence-electron chi connectivity index (χ2n) is 2.97. The minimum absolute atomic E-state index is 0.137. The van der Waals surface area contributed by atoms with Crippen molar-refractivity contribution in [2.24, 2.45) is 4.99 Å². The largest absolute Gasteiger partial charge is 0.316 e. The summed E-state index contributed by atoms with van der Waals surface area (Å²) in [7, 11) is -0.946. The first-order valence-electron chi connectivity index (χ1n) is 3.99. The molecule has 1 heterocycles. The van der Waals surface area contributed by atoms with Crippen LogP contribution in [-0.2, 0) is 20.4 Å². The Bertz CT molecular complexity index is 308. The number of aliphatic imine (C=N–C) groups is 1. The third-order valence-electron chi connectivity index (χ3n) is 1.50. The fraction of sp³-hybridized carbons (Fsp3) is 0.571. The van der Waals surface area contributed by atoms with E-state index >= 15 is 0 Å². The first kappa shape index (κ1) is 10.8. The zero-order chi connectivity index (χ0) is 10.7. The minimum atomic E-state index is -0.946. The molecule has 0 spiro atoms. The number of nitrogens with zero attached hydrogens (tertiary/aromatic N) is 1. The molecule has 2 amide bonds. The van der Waals surface area contributed by atoms with Crippen LogP contribution in [0.25, 0.3) is 0 Å². The van der Waals surface area contributed by atoms with Gasteiger partial charge >= 0.3 is 11.8 Å². The molecule has 2 unspecified atom stereocenters. The molecule has 0 bridgehead atoms. The molecule has 1 aliphatic heterocycles. The Kier molecular flexibility index (Phi) is 3.34. The summed E-state index contributed by atoms with van der Waals surface area (Å²) in [6, 6.07) is -0.200. The van der Waals surface area contributed by atoms with E-state index in [1.165, 1.54) is 0 Å². The first-order chi connectivity index (χ1) is 6.49. The summed E-state index contributed by atoms with van der Waals surface area (Å²) in [6.45, 7) is 1.75. The molecule has 1 saturated heterocycles. The van der Waals surface area contributed by atoms with E-state index in [1.54, 1.807) is 13.2 Å². The Hall–Kier alpha value is -1.24. The molecule has 14 heavy (non-hydrogen) atoms.